The third-order valence-corrected chi connectivity index (χ3v) is 6.94. The number of rotatable bonds is 5. The second kappa shape index (κ2) is 10.9. The number of hydrazine groups is 1. The number of nitrogens with one attached hydrogen (secondary N) is 2. The lowest BCUT2D eigenvalue weighted by molar-refractivity contribution is 0.0285. The van der Waals surface area contributed by atoms with Gasteiger partial charge in [0.25, 0.3) is 11.8 Å². The highest BCUT2D eigenvalue weighted by Gasteiger charge is 2.38. The Morgan fingerprint density at radius 1 is 1.00 bits per heavy atom. The normalized spacial score (nSPS) is 13.9. The van der Waals surface area contributed by atoms with Crippen molar-refractivity contribution >= 4 is 41.7 Å². The molecule has 202 valence electrons. The number of carbonyl (C=O) groups is 3. The Hall–Kier alpha value is -4.11. The summed E-state index contributed by atoms with van der Waals surface area (Å²) in [4.78, 5) is 41.4. The minimum absolute atomic E-state index is 0.247. The molecule has 1 unspecified atom stereocenters. The Labute approximate surface area is 230 Å². The minimum Gasteiger partial charge on any atom is -0.428 e. The molecule has 4 rings (SSSR count). The summed E-state index contributed by atoms with van der Waals surface area (Å²) < 4.78 is 0. The van der Waals surface area contributed by atoms with Gasteiger partial charge in [0.15, 0.2) is 0 Å². The molecule has 0 saturated carbocycles. The molecule has 0 bridgehead atoms. The standard InChI is InChI=1S/C30H35BN4O4/c1-7-26(30(4,5)6)35(28(37)22-16-19(2)15-20(3)17-22)33-27(36)21-13-14-24-25(18-21)32-29(38)34(31(24)39)23-11-9-8-10-12-23/h8-18,26,39H,7H2,1-6H3,(H,32,38)(H,33,36). The van der Waals surface area contributed by atoms with E-state index in [4.69, 9.17) is 0 Å². The summed E-state index contributed by atoms with van der Waals surface area (Å²) in [6, 6.07) is 18.4. The fourth-order valence-corrected chi connectivity index (χ4v) is 5.17. The lowest BCUT2D eigenvalue weighted by atomic mass is 9.69. The number of anilines is 2. The maximum Gasteiger partial charge on any atom is 0.459 e. The van der Waals surface area contributed by atoms with Crippen LogP contribution in [0.5, 0.6) is 0 Å². The zero-order chi connectivity index (χ0) is 28.5. The summed E-state index contributed by atoms with van der Waals surface area (Å²) >= 11 is 0. The molecule has 0 spiro atoms. The number of urea groups is 1. The van der Waals surface area contributed by atoms with Gasteiger partial charge < -0.3 is 15.2 Å². The van der Waals surface area contributed by atoms with Crippen LogP contribution in [-0.2, 0) is 0 Å². The van der Waals surface area contributed by atoms with Gasteiger partial charge in [0.1, 0.15) is 0 Å². The molecule has 39 heavy (non-hydrogen) atoms. The van der Waals surface area contributed by atoms with E-state index in [0.29, 0.717) is 28.8 Å². The van der Waals surface area contributed by atoms with Gasteiger partial charge in [-0.25, -0.2) is 9.80 Å². The number of benzene rings is 3. The van der Waals surface area contributed by atoms with Gasteiger partial charge in [-0.15, -0.1) is 0 Å². The van der Waals surface area contributed by atoms with E-state index in [1.54, 1.807) is 36.4 Å². The van der Waals surface area contributed by atoms with Gasteiger partial charge in [0.05, 0.1) is 6.04 Å². The molecule has 8 nitrogen and oxygen atoms in total. The van der Waals surface area contributed by atoms with Crippen LogP contribution in [0, 0.1) is 19.3 Å². The van der Waals surface area contributed by atoms with Crippen LogP contribution in [-0.4, -0.2) is 41.0 Å². The molecule has 1 aliphatic heterocycles. The SMILES string of the molecule is CCC(N(NC(=O)c1ccc2c(c1)NC(=O)N(c1ccccc1)B2O)C(=O)c1cc(C)cc(C)c1)C(C)(C)C. The largest absolute Gasteiger partial charge is 0.459 e. The van der Waals surface area contributed by atoms with E-state index in [0.717, 1.165) is 11.1 Å². The van der Waals surface area contributed by atoms with Crippen LogP contribution >= 0.6 is 0 Å². The summed E-state index contributed by atoms with van der Waals surface area (Å²) in [5, 5.41) is 15.2. The first kappa shape index (κ1) is 27.9. The number of aryl methyl sites for hydroxylation is 2. The van der Waals surface area contributed by atoms with Crippen molar-refractivity contribution in [3.8, 4) is 0 Å². The Bertz CT molecular complexity index is 1380. The number of fused-ring (bicyclic) bond motifs is 1. The molecule has 4 amide bonds. The predicted octanol–water partition coefficient (Wildman–Crippen LogP) is 4.65. The first-order valence-electron chi connectivity index (χ1n) is 13.1. The molecule has 0 fully saturated rings. The molecule has 1 aliphatic rings. The number of hydrogen-bond donors (Lipinski definition) is 3. The van der Waals surface area contributed by atoms with Gasteiger partial charge in [0.2, 0.25) is 0 Å². The molecule has 3 aromatic rings. The van der Waals surface area contributed by atoms with Crippen molar-refractivity contribution in [2.45, 2.75) is 54.0 Å². The Balaban J connectivity index is 1.65. The molecule has 1 heterocycles. The van der Waals surface area contributed by atoms with Crippen LogP contribution in [0.3, 0.4) is 0 Å². The first-order chi connectivity index (χ1) is 18.4. The average molecular weight is 526 g/mol. The zero-order valence-corrected chi connectivity index (χ0v) is 23.3. The fourth-order valence-electron chi connectivity index (χ4n) is 5.17. The van der Waals surface area contributed by atoms with Crippen LogP contribution in [0.15, 0.2) is 66.7 Å². The lowest BCUT2D eigenvalue weighted by Gasteiger charge is -2.39. The molecular formula is C30H35BN4O4. The number of para-hydroxylation sites is 1. The smallest absolute Gasteiger partial charge is 0.428 e. The van der Waals surface area contributed by atoms with Crippen LogP contribution in [0.1, 0.15) is 66.0 Å². The van der Waals surface area contributed by atoms with Crippen LogP contribution in [0.4, 0.5) is 16.2 Å². The number of nitrogens with zero attached hydrogens (tertiary/aromatic N) is 2. The second-order valence-electron chi connectivity index (χ2n) is 11.1. The van der Waals surface area contributed by atoms with E-state index in [-0.39, 0.29) is 22.9 Å². The van der Waals surface area contributed by atoms with Gasteiger partial charge in [-0.2, -0.15) is 0 Å². The topological polar surface area (TPSA) is 102 Å². The average Bonchev–Trinajstić information content (AvgIpc) is 2.87. The van der Waals surface area contributed by atoms with E-state index in [1.165, 1.54) is 15.9 Å². The minimum atomic E-state index is -1.22. The molecule has 0 aromatic heterocycles. The molecule has 3 N–H and O–H groups in total. The van der Waals surface area contributed by atoms with E-state index in [9.17, 15) is 19.4 Å². The Morgan fingerprint density at radius 3 is 2.23 bits per heavy atom. The quantitative estimate of drug-likeness (QED) is 0.333. The highest BCUT2D eigenvalue weighted by atomic mass is 16.2. The van der Waals surface area contributed by atoms with Crippen molar-refractivity contribution in [2.75, 3.05) is 10.1 Å². The Morgan fingerprint density at radius 2 is 1.64 bits per heavy atom. The van der Waals surface area contributed by atoms with Crippen LogP contribution in [0.2, 0.25) is 0 Å². The maximum atomic E-state index is 13.8. The highest BCUT2D eigenvalue weighted by Crippen LogP contribution is 2.28. The zero-order valence-electron chi connectivity index (χ0n) is 23.3. The van der Waals surface area contributed by atoms with E-state index in [2.05, 4.69) is 10.7 Å². The van der Waals surface area contributed by atoms with Gasteiger partial charge in [-0.1, -0.05) is 69.2 Å². The third kappa shape index (κ3) is 5.83. The van der Waals surface area contributed by atoms with Gasteiger partial charge >= 0.3 is 13.1 Å². The molecule has 0 saturated heterocycles. The molecule has 0 radical (unpaired) electrons. The molecule has 0 aliphatic carbocycles. The van der Waals surface area contributed by atoms with Gasteiger partial charge in [0, 0.05) is 22.5 Å². The van der Waals surface area contributed by atoms with Gasteiger partial charge in [-0.3, -0.25) is 15.0 Å². The van der Waals surface area contributed by atoms with Crippen molar-refractivity contribution in [2.24, 2.45) is 5.41 Å². The number of carbonyl (C=O) groups excluding carboxylic acids is 3. The van der Waals surface area contributed by atoms with E-state index in [1.807, 2.05) is 65.8 Å². The van der Waals surface area contributed by atoms with Crippen molar-refractivity contribution in [1.29, 1.82) is 0 Å². The van der Waals surface area contributed by atoms with Gasteiger partial charge in [-0.05, 0) is 67.5 Å². The third-order valence-electron chi connectivity index (χ3n) is 6.94. The van der Waals surface area contributed by atoms with E-state index < -0.39 is 19.0 Å². The summed E-state index contributed by atoms with van der Waals surface area (Å²) in [5.74, 6) is -0.787. The van der Waals surface area contributed by atoms with Crippen molar-refractivity contribution in [3.05, 3.63) is 89.0 Å². The highest BCUT2D eigenvalue weighted by molar-refractivity contribution is 6.77. The van der Waals surface area contributed by atoms with E-state index >= 15 is 0 Å². The summed E-state index contributed by atoms with van der Waals surface area (Å²) in [7, 11) is -1.22. The van der Waals surface area contributed by atoms with Crippen LogP contribution in [0.25, 0.3) is 0 Å². The number of amides is 4. The summed E-state index contributed by atoms with van der Waals surface area (Å²) in [6.45, 7) is 11.9. The first-order valence-corrected chi connectivity index (χ1v) is 13.1. The second-order valence-corrected chi connectivity index (χ2v) is 11.1. The number of hydrogen-bond acceptors (Lipinski definition) is 4. The predicted molar refractivity (Wildman–Crippen MR) is 155 cm³/mol. The fraction of sp³-hybridized carbons (Fsp3) is 0.300. The molecular weight excluding hydrogens is 491 g/mol. The van der Waals surface area contributed by atoms with Crippen molar-refractivity contribution in [1.82, 2.24) is 10.4 Å². The molecule has 3 aromatic carbocycles. The monoisotopic (exact) mass is 526 g/mol. The molecule has 9 heteroatoms. The lowest BCUT2D eigenvalue weighted by Crippen LogP contribution is -2.58. The summed E-state index contributed by atoms with van der Waals surface area (Å²) in [6.07, 6.45) is 0.627. The van der Waals surface area contributed by atoms with Crippen molar-refractivity contribution in [3.63, 3.8) is 0 Å². The van der Waals surface area contributed by atoms with Crippen LogP contribution < -0.4 is 21.0 Å². The molecule has 1 atom stereocenters. The summed E-state index contributed by atoms with van der Waals surface area (Å²) in [5.41, 5.74) is 6.54. The van der Waals surface area contributed by atoms with Crippen molar-refractivity contribution < 1.29 is 19.4 Å². The maximum absolute atomic E-state index is 13.8. The Kier molecular flexibility index (Phi) is 7.83.